The molecule has 3 fully saturated rings. The number of nitrogens with zero attached hydrogens (tertiary/aromatic N) is 1. The van der Waals surface area contributed by atoms with Gasteiger partial charge in [-0.2, -0.15) is 0 Å². The van der Waals surface area contributed by atoms with Gasteiger partial charge in [-0.15, -0.1) is 12.4 Å². The molecule has 0 saturated carbocycles. The quantitative estimate of drug-likeness (QED) is 0.856. The van der Waals surface area contributed by atoms with E-state index in [1.165, 1.54) is 6.20 Å². The van der Waals surface area contributed by atoms with Gasteiger partial charge in [0.05, 0.1) is 12.2 Å². The first-order valence-corrected chi connectivity index (χ1v) is 7.92. The molecule has 0 radical (unpaired) electrons. The molecule has 3 saturated heterocycles. The van der Waals surface area contributed by atoms with Crippen LogP contribution in [0.1, 0.15) is 29.6 Å². The van der Waals surface area contributed by atoms with Crippen molar-refractivity contribution in [3.63, 3.8) is 0 Å². The van der Waals surface area contributed by atoms with Crippen LogP contribution in [0.4, 0.5) is 8.78 Å². The molecule has 3 aliphatic rings. The Balaban J connectivity index is 0.00000169. The van der Waals surface area contributed by atoms with Crippen LogP contribution in [0, 0.1) is 17.0 Å². The molecular formula is C17H19ClF2N2O2. The van der Waals surface area contributed by atoms with E-state index in [2.05, 4.69) is 9.88 Å². The van der Waals surface area contributed by atoms with Crippen molar-refractivity contribution in [2.75, 3.05) is 26.2 Å². The summed E-state index contributed by atoms with van der Waals surface area (Å²) >= 11 is 0. The highest BCUT2D eigenvalue weighted by Gasteiger charge is 2.40. The molecule has 0 unspecified atom stereocenters. The summed E-state index contributed by atoms with van der Waals surface area (Å²) < 4.78 is 32.2. The zero-order valence-electron chi connectivity index (χ0n) is 13.1. The molecule has 2 bridgehead atoms. The van der Waals surface area contributed by atoms with Crippen LogP contribution in [-0.2, 0) is 4.74 Å². The van der Waals surface area contributed by atoms with Gasteiger partial charge in [0.1, 0.15) is 0 Å². The molecule has 3 aliphatic heterocycles. The Morgan fingerprint density at radius 3 is 2.46 bits per heavy atom. The minimum Gasteiger partial charge on any atom is -0.461 e. The van der Waals surface area contributed by atoms with E-state index in [4.69, 9.17) is 4.74 Å². The van der Waals surface area contributed by atoms with E-state index in [0.717, 1.165) is 51.0 Å². The van der Waals surface area contributed by atoms with Crippen molar-refractivity contribution in [1.82, 2.24) is 9.88 Å². The van der Waals surface area contributed by atoms with Gasteiger partial charge in [0.2, 0.25) is 0 Å². The fourth-order valence-electron chi connectivity index (χ4n) is 3.69. The predicted molar refractivity (Wildman–Crippen MR) is 88.5 cm³/mol. The summed E-state index contributed by atoms with van der Waals surface area (Å²) in [4.78, 5) is 17.6. The molecule has 0 amide bonds. The summed E-state index contributed by atoms with van der Waals surface area (Å²) in [6.45, 7) is 3.59. The maximum absolute atomic E-state index is 13.4. The van der Waals surface area contributed by atoms with E-state index in [0.29, 0.717) is 17.5 Å². The second-order valence-electron chi connectivity index (χ2n) is 6.68. The first kappa shape index (κ1) is 17.2. The summed E-state index contributed by atoms with van der Waals surface area (Å²) in [7, 11) is 0. The number of benzene rings is 1. The number of rotatable bonds is 3. The maximum atomic E-state index is 13.4. The average molecular weight is 357 g/mol. The first-order chi connectivity index (χ1) is 11.1. The number of piperidine rings is 3. The number of halogens is 3. The summed E-state index contributed by atoms with van der Waals surface area (Å²) in [6.07, 6.45) is 4.60. The van der Waals surface area contributed by atoms with Crippen molar-refractivity contribution >= 4 is 29.3 Å². The van der Waals surface area contributed by atoms with Crippen molar-refractivity contribution in [3.8, 4) is 0 Å². The molecule has 24 heavy (non-hydrogen) atoms. The fourth-order valence-corrected chi connectivity index (χ4v) is 3.69. The Bertz CT molecular complexity index is 756. The molecule has 5 rings (SSSR count). The normalized spacial score (nSPS) is 25.5. The molecule has 0 aliphatic carbocycles. The number of aromatic amines is 1. The highest BCUT2D eigenvalue weighted by molar-refractivity contribution is 6.04. The van der Waals surface area contributed by atoms with Crippen LogP contribution in [0.15, 0.2) is 18.3 Å². The lowest BCUT2D eigenvalue weighted by Gasteiger charge is -2.47. The first-order valence-electron chi connectivity index (χ1n) is 7.92. The minimum atomic E-state index is -0.968. The summed E-state index contributed by atoms with van der Waals surface area (Å²) in [5, 5.41) is 0.352. The van der Waals surface area contributed by atoms with Crippen LogP contribution in [0.3, 0.4) is 0 Å². The lowest BCUT2D eigenvalue weighted by atomic mass is 9.73. The summed E-state index contributed by atoms with van der Waals surface area (Å²) in [6, 6.07) is 2.09. The fraction of sp³-hybridized carbons (Fsp3) is 0.471. The molecule has 7 heteroatoms. The third-order valence-electron chi connectivity index (χ3n) is 5.33. The SMILES string of the molecule is Cl.O=C(OCC12CCN(CC1)CC2)c1c[nH]c2cc(F)c(F)cc12. The van der Waals surface area contributed by atoms with Gasteiger partial charge >= 0.3 is 5.97 Å². The number of H-pyrrole nitrogens is 1. The van der Waals surface area contributed by atoms with E-state index in [9.17, 15) is 13.6 Å². The molecule has 2 aromatic rings. The van der Waals surface area contributed by atoms with E-state index in [1.807, 2.05) is 0 Å². The summed E-state index contributed by atoms with van der Waals surface area (Å²) in [5.74, 6) is -2.39. The third-order valence-corrected chi connectivity index (χ3v) is 5.33. The van der Waals surface area contributed by atoms with Crippen LogP contribution in [0.2, 0.25) is 0 Å². The number of nitrogens with one attached hydrogen (secondary N) is 1. The molecule has 4 heterocycles. The molecule has 1 N–H and O–H groups in total. The Labute approximate surface area is 144 Å². The number of carbonyl (C=O) groups is 1. The predicted octanol–water partition coefficient (Wildman–Crippen LogP) is 3.51. The molecule has 0 spiro atoms. The van der Waals surface area contributed by atoms with E-state index in [-0.39, 0.29) is 23.4 Å². The van der Waals surface area contributed by atoms with Crippen LogP contribution in [0.25, 0.3) is 10.9 Å². The summed E-state index contributed by atoms with van der Waals surface area (Å²) in [5.41, 5.74) is 0.733. The average Bonchev–Trinajstić information content (AvgIpc) is 2.98. The van der Waals surface area contributed by atoms with Crippen molar-refractivity contribution in [2.24, 2.45) is 5.41 Å². The number of ether oxygens (including phenoxy) is 1. The van der Waals surface area contributed by atoms with Gasteiger partial charge in [0, 0.05) is 28.6 Å². The van der Waals surface area contributed by atoms with Crippen molar-refractivity contribution in [1.29, 1.82) is 0 Å². The van der Waals surface area contributed by atoms with Crippen LogP contribution in [-0.4, -0.2) is 42.1 Å². The molecule has 0 atom stereocenters. The highest BCUT2D eigenvalue weighted by atomic mass is 35.5. The largest absolute Gasteiger partial charge is 0.461 e. The van der Waals surface area contributed by atoms with Gasteiger partial charge in [0.15, 0.2) is 11.6 Å². The monoisotopic (exact) mass is 356 g/mol. The number of carbonyl (C=O) groups excluding carboxylic acids is 1. The molecule has 130 valence electrons. The lowest BCUT2D eigenvalue weighted by Crippen LogP contribution is -2.50. The molecule has 1 aromatic heterocycles. The number of hydrogen-bond donors (Lipinski definition) is 1. The Morgan fingerprint density at radius 2 is 1.79 bits per heavy atom. The zero-order chi connectivity index (χ0) is 16.0. The second-order valence-corrected chi connectivity index (χ2v) is 6.68. The third kappa shape index (κ3) is 2.89. The smallest absolute Gasteiger partial charge is 0.340 e. The Kier molecular flexibility index (Phi) is 4.53. The number of aromatic nitrogens is 1. The van der Waals surface area contributed by atoms with Gasteiger partial charge < -0.3 is 14.6 Å². The van der Waals surface area contributed by atoms with Gasteiger partial charge in [-0.1, -0.05) is 0 Å². The van der Waals surface area contributed by atoms with Crippen LogP contribution < -0.4 is 0 Å². The standard InChI is InChI=1S/C17H18F2N2O2.ClH/c18-13-7-11-12(9-20-15(11)8-14(13)19)16(22)23-10-17-1-4-21(5-2-17)6-3-17;/h7-9,20H,1-6,10H2;1H. The molecule has 4 nitrogen and oxygen atoms in total. The van der Waals surface area contributed by atoms with E-state index in [1.54, 1.807) is 0 Å². The Hall–Kier alpha value is -1.66. The zero-order valence-corrected chi connectivity index (χ0v) is 13.9. The maximum Gasteiger partial charge on any atom is 0.340 e. The van der Waals surface area contributed by atoms with Crippen LogP contribution in [0.5, 0.6) is 0 Å². The minimum absolute atomic E-state index is 0. The van der Waals surface area contributed by atoms with Gasteiger partial charge in [-0.3, -0.25) is 0 Å². The van der Waals surface area contributed by atoms with Gasteiger partial charge in [-0.05, 0) is 45.0 Å². The topological polar surface area (TPSA) is 45.3 Å². The number of esters is 1. The molecule has 1 aromatic carbocycles. The van der Waals surface area contributed by atoms with Gasteiger partial charge in [-0.25, -0.2) is 13.6 Å². The lowest BCUT2D eigenvalue weighted by molar-refractivity contribution is -0.0304. The second kappa shape index (κ2) is 6.33. The highest BCUT2D eigenvalue weighted by Crippen LogP contribution is 2.40. The Morgan fingerprint density at radius 1 is 1.17 bits per heavy atom. The van der Waals surface area contributed by atoms with E-state index >= 15 is 0 Å². The number of fused-ring (bicyclic) bond motifs is 4. The van der Waals surface area contributed by atoms with Crippen LogP contribution >= 0.6 is 12.4 Å². The van der Waals surface area contributed by atoms with Crippen molar-refractivity contribution in [3.05, 3.63) is 35.5 Å². The number of hydrogen-bond acceptors (Lipinski definition) is 3. The van der Waals surface area contributed by atoms with Crippen molar-refractivity contribution < 1.29 is 18.3 Å². The van der Waals surface area contributed by atoms with E-state index < -0.39 is 17.6 Å². The van der Waals surface area contributed by atoms with Crippen molar-refractivity contribution in [2.45, 2.75) is 19.3 Å². The van der Waals surface area contributed by atoms with Gasteiger partial charge in [0.25, 0.3) is 0 Å². The molecular weight excluding hydrogens is 338 g/mol.